The second-order valence-corrected chi connectivity index (χ2v) is 6.14. The Kier molecular flexibility index (Phi) is 5.43. The monoisotopic (exact) mass is 392 g/mol. The van der Waals surface area contributed by atoms with E-state index in [2.05, 4.69) is 15.3 Å². The molecular formula is C19H16F4N4O. The zero-order valence-electron chi connectivity index (χ0n) is 14.6. The minimum Gasteiger partial charge on any atom is -0.404 e. The van der Waals surface area contributed by atoms with Gasteiger partial charge in [0, 0.05) is 37.5 Å². The molecule has 28 heavy (non-hydrogen) atoms. The van der Waals surface area contributed by atoms with Gasteiger partial charge in [-0.2, -0.15) is 13.2 Å². The Balaban J connectivity index is 1.83. The molecule has 2 aromatic rings. The highest BCUT2D eigenvalue weighted by molar-refractivity contribution is 6.23. The molecule has 1 aromatic heterocycles. The number of aliphatic imine (C=N–C) groups is 1. The second-order valence-electron chi connectivity index (χ2n) is 6.14. The zero-order valence-corrected chi connectivity index (χ0v) is 14.6. The molecule has 1 aliphatic rings. The van der Waals surface area contributed by atoms with E-state index in [0.717, 1.165) is 6.07 Å². The van der Waals surface area contributed by atoms with Crippen LogP contribution in [0.4, 0.5) is 23.2 Å². The lowest BCUT2D eigenvalue weighted by molar-refractivity contribution is -0.140. The van der Waals surface area contributed by atoms with E-state index < -0.39 is 17.6 Å². The summed E-state index contributed by atoms with van der Waals surface area (Å²) in [5.41, 5.74) is 6.37. The zero-order chi connectivity index (χ0) is 20.3. The van der Waals surface area contributed by atoms with Gasteiger partial charge in [0.25, 0.3) is 5.91 Å². The summed E-state index contributed by atoms with van der Waals surface area (Å²) >= 11 is 0. The van der Waals surface area contributed by atoms with Crippen molar-refractivity contribution < 1.29 is 22.4 Å². The van der Waals surface area contributed by atoms with Crippen LogP contribution in [0.3, 0.4) is 0 Å². The number of alkyl halides is 3. The standard InChI is InChI=1S/C19H16F4N4O/c20-16-8-11(1-2-15(16)19(21,22)23)7-13-9-12(3-5-25-13)27-17-4-6-26-18(28)14(17)10-24/h1-3,5,8-10H,4,6-7,24H2,(H,26,28)/b14-10+,27-17?. The Hall–Kier alpha value is -3.23. The van der Waals surface area contributed by atoms with Crippen molar-refractivity contribution in [3.8, 4) is 0 Å². The third-order valence-corrected chi connectivity index (χ3v) is 4.16. The van der Waals surface area contributed by atoms with Crippen LogP contribution < -0.4 is 11.1 Å². The molecule has 0 aliphatic carbocycles. The van der Waals surface area contributed by atoms with Crippen molar-refractivity contribution in [3.63, 3.8) is 0 Å². The van der Waals surface area contributed by atoms with Gasteiger partial charge < -0.3 is 11.1 Å². The number of aromatic nitrogens is 1. The van der Waals surface area contributed by atoms with Crippen molar-refractivity contribution in [2.45, 2.75) is 19.0 Å². The lowest BCUT2D eigenvalue weighted by Crippen LogP contribution is -2.36. The number of halogens is 4. The summed E-state index contributed by atoms with van der Waals surface area (Å²) in [7, 11) is 0. The predicted molar refractivity (Wildman–Crippen MR) is 95.4 cm³/mol. The topological polar surface area (TPSA) is 80.4 Å². The van der Waals surface area contributed by atoms with Crippen LogP contribution in [0.15, 0.2) is 53.3 Å². The molecule has 0 unspecified atom stereocenters. The molecule has 146 valence electrons. The van der Waals surface area contributed by atoms with E-state index in [9.17, 15) is 22.4 Å². The summed E-state index contributed by atoms with van der Waals surface area (Å²) in [5.74, 6) is -1.63. The number of carbonyl (C=O) groups is 1. The van der Waals surface area contributed by atoms with E-state index in [-0.39, 0.29) is 17.9 Å². The first kappa shape index (κ1) is 19.5. The fourth-order valence-corrected chi connectivity index (χ4v) is 2.84. The number of nitrogens with one attached hydrogen (secondary N) is 1. The molecule has 0 bridgehead atoms. The number of nitrogens with two attached hydrogens (primary N) is 1. The number of nitrogens with zero attached hydrogens (tertiary/aromatic N) is 2. The molecule has 5 nitrogen and oxygen atoms in total. The highest BCUT2D eigenvalue weighted by atomic mass is 19.4. The van der Waals surface area contributed by atoms with Crippen LogP contribution in [0, 0.1) is 5.82 Å². The first-order chi connectivity index (χ1) is 13.3. The third kappa shape index (κ3) is 4.36. The Labute approximate surface area is 158 Å². The first-order valence-corrected chi connectivity index (χ1v) is 8.36. The number of carbonyl (C=O) groups excluding carboxylic acids is 1. The third-order valence-electron chi connectivity index (χ3n) is 4.16. The molecule has 2 heterocycles. The SMILES string of the molecule is N/C=C1/C(=O)NCCC1=Nc1ccnc(Cc2ccc(C(F)(F)F)c(F)c2)c1. The van der Waals surface area contributed by atoms with Gasteiger partial charge in [-0.3, -0.25) is 14.8 Å². The maximum atomic E-state index is 13.7. The Morgan fingerprint density at radius 2 is 2.04 bits per heavy atom. The fourth-order valence-electron chi connectivity index (χ4n) is 2.84. The van der Waals surface area contributed by atoms with Gasteiger partial charge in [0.05, 0.1) is 22.5 Å². The Bertz CT molecular complexity index is 967. The van der Waals surface area contributed by atoms with Gasteiger partial charge in [0.2, 0.25) is 0 Å². The smallest absolute Gasteiger partial charge is 0.404 e. The molecule has 1 fully saturated rings. The van der Waals surface area contributed by atoms with Gasteiger partial charge in [0.15, 0.2) is 0 Å². The summed E-state index contributed by atoms with van der Waals surface area (Å²) in [6.07, 6.45) is -1.41. The van der Waals surface area contributed by atoms with Crippen molar-refractivity contribution in [1.82, 2.24) is 10.3 Å². The average Bonchev–Trinajstić information content (AvgIpc) is 2.61. The maximum absolute atomic E-state index is 13.7. The van der Waals surface area contributed by atoms with Gasteiger partial charge in [-0.25, -0.2) is 4.39 Å². The van der Waals surface area contributed by atoms with Gasteiger partial charge in [-0.1, -0.05) is 6.07 Å². The van der Waals surface area contributed by atoms with Gasteiger partial charge >= 0.3 is 6.18 Å². The van der Waals surface area contributed by atoms with Crippen molar-refractivity contribution in [1.29, 1.82) is 0 Å². The van der Waals surface area contributed by atoms with E-state index >= 15 is 0 Å². The van der Waals surface area contributed by atoms with Crippen LogP contribution in [-0.2, 0) is 17.4 Å². The minimum atomic E-state index is -4.74. The van der Waals surface area contributed by atoms with Gasteiger partial charge in [0.1, 0.15) is 5.82 Å². The minimum absolute atomic E-state index is 0.133. The molecule has 0 saturated carbocycles. The lowest BCUT2D eigenvalue weighted by Gasteiger charge is -2.17. The van der Waals surface area contributed by atoms with Gasteiger partial charge in [-0.15, -0.1) is 0 Å². The van der Waals surface area contributed by atoms with E-state index in [0.29, 0.717) is 41.7 Å². The first-order valence-electron chi connectivity index (χ1n) is 8.36. The van der Waals surface area contributed by atoms with Crippen LogP contribution in [-0.4, -0.2) is 23.1 Å². The summed E-state index contributed by atoms with van der Waals surface area (Å²) in [6, 6.07) is 6.04. The van der Waals surface area contributed by atoms with Crippen molar-refractivity contribution in [2.24, 2.45) is 10.7 Å². The van der Waals surface area contributed by atoms with E-state index in [1.165, 1.54) is 18.5 Å². The normalized spacial score (nSPS) is 17.8. The van der Waals surface area contributed by atoms with E-state index in [4.69, 9.17) is 5.73 Å². The molecule has 1 aliphatic heterocycles. The lowest BCUT2D eigenvalue weighted by atomic mass is 10.0. The molecule has 0 atom stereocenters. The second kappa shape index (κ2) is 7.79. The molecule has 0 spiro atoms. The van der Waals surface area contributed by atoms with Crippen LogP contribution in [0.5, 0.6) is 0 Å². The quantitative estimate of drug-likeness (QED) is 0.622. The summed E-state index contributed by atoms with van der Waals surface area (Å²) < 4.78 is 51.7. The van der Waals surface area contributed by atoms with Crippen molar-refractivity contribution in [2.75, 3.05) is 6.54 Å². The summed E-state index contributed by atoms with van der Waals surface area (Å²) in [6.45, 7) is 0.442. The van der Waals surface area contributed by atoms with Crippen LogP contribution in [0.1, 0.15) is 23.2 Å². The number of benzene rings is 1. The van der Waals surface area contributed by atoms with Crippen molar-refractivity contribution >= 4 is 17.3 Å². The number of piperidine rings is 1. The summed E-state index contributed by atoms with van der Waals surface area (Å²) in [5, 5.41) is 2.67. The van der Waals surface area contributed by atoms with E-state index in [1.807, 2.05) is 0 Å². The molecular weight excluding hydrogens is 376 g/mol. The largest absolute Gasteiger partial charge is 0.419 e. The molecule has 1 amide bonds. The number of amides is 1. The number of hydrogen-bond acceptors (Lipinski definition) is 4. The molecule has 9 heteroatoms. The van der Waals surface area contributed by atoms with Crippen LogP contribution in [0.25, 0.3) is 0 Å². The Morgan fingerprint density at radius 3 is 2.71 bits per heavy atom. The summed E-state index contributed by atoms with van der Waals surface area (Å²) in [4.78, 5) is 20.4. The molecule has 0 radical (unpaired) electrons. The number of rotatable bonds is 3. The molecule has 1 aromatic carbocycles. The van der Waals surface area contributed by atoms with Crippen LogP contribution >= 0.6 is 0 Å². The average molecular weight is 392 g/mol. The number of pyridine rings is 1. The predicted octanol–water partition coefficient (Wildman–Crippen LogP) is 3.27. The van der Waals surface area contributed by atoms with Crippen molar-refractivity contribution in [3.05, 3.63) is 70.9 Å². The molecule has 3 N–H and O–H groups in total. The Morgan fingerprint density at radius 1 is 1.25 bits per heavy atom. The van der Waals surface area contributed by atoms with Crippen LogP contribution in [0.2, 0.25) is 0 Å². The highest BCUT2D eigenvalue weighted by Crippen LogP contribution is 2.32. The number of hydrogen-bond donors (Lipinski definition) is 2. The maximum Gasteiger partial charge on any atom is 0.419 e. The molecule has 3 rings (SSSR count). The van der Waals surface area contributed by atoms with E-state index in [1.54, 1.807) is 12.1 Å². The van der Waals surface area contributed by atoms with Gasteiger partial charge in [-0.05, 0) is 29.8 Å². The molecule has 1 saturated heterocycles. The fraction of sp³-hybridized carbons (Fsp3) is 0.211. The highest BCUT2D eigenvalue weighted by Gasteiger charge is 2.33.